The van der Waals surface area contributed by atoms with Crippen LogP contribution in [0.1, 0.15) is 24.9 Å². The van der Waals surface area contributed by atoms with Gasteiger partial charge >= 0.3 is 5.97 Å². The van der Waals surface area contributed by atoms with Gasteiger partial charge in [-0.15, -0.1) is 0 Å². The Morgan fingerprint density at radius 1 is 1.22 bits per heavy atom. The number of ether oxygens (including phenoxy) is 1. The molecule has 0 saturated carbocycles. The van der Waals surface area contributed by atoms with Crippen molar-refractivity contribution in [2.45, 2.75) is 36.6 Å². The van der Waals surface area contributed by atoms with Gasteiger partial charge in [-0.3, -0.25) is 9.59 Å². The fourth-order valence-corrected chi connectivity index (χ4v) is 4.50. The van der Waals surface area contributed by atoms with Gasteiger partial charge in [-0.25, -0.2) is 9.10 Å². The maximum atomic E-state index is 13.4. The normalized spacial score (nSPS) is 17.8. The van der Waals surface area contributed by atoms with Gasteiger partial charge < -0.3 is 26.2 Å². The molecule has 1 aliphatic heterocycles. The lowest BCUT2D eigenvalue weighted by Gasteiger charge is -2.35. The van der Waals surface area contributed by atoms with Crippen molar-refractivity contribution in [2.75, 3.05) is 18.5 Å². The van der Waals surface area contributed by atoms with E-state index in [4.69, 9.17) is 10.5 Å². The number of hydrogen-bond donors (Lipinski definition) is 4. The van der Waals surface area contributed by atoms with Crippen molar-refractivity contribution < 1.29 is 24.2 Å². The number of amides is 2. The van der Waals surface area contributed by atoms with Gasteiger partial charge in [0.25, 0.3) is 0 Å². The molecule has 1 heterocycles. The van der Waals surface area contributed by atoms with Crippen LogP contribution in [0.25, 0.3) is 0 Å². The van der Waals surface area contributed by atoms with Gasteiger partial charge in [0.2, 0.25) is 11.8 Å². The van der Waals surface area contributed by atoms with E-state index in [1.807, 2.05) is 30.3 Å². The first-order valence-electron chi connectivity index (χ1n) is 10.2. The Bertz CT molecular complexity index is 958. The molecule has 32 heavy (non-hydrogen) atoms. The second kappa shape index (κ2) is 11.0. The van der Waals surface area contributed by atoms with Crippen LogP contribution < -0.4 is 16.4 Å². The van der Waals surface area contributed by atoms with Crippen molar-refractivity contribution in [3.63, 3.8) is 0 Å². The molecule has 9 nitrogen and oxygen atoms in total. The second-order valence-electron chi connectivity index (χ2n) is 7.18. The van der Waals surface area contributed by atoms with Crippen LogP contribution in [0.4, 0.5) is 5.69 Å². The third-order valence-electron chi connectivity index (χ3n) is 4.90. The number of carboxylic acids is 1. The maximum Gasteiger partial charge on any atom is 0.326 e. The molecule has 0 aliphatic carbocycles. The minimum absolute atomic E-state index is 0.238. The molecule has 5 N–H and O–H groups in total. The van der Waals surface area contributed by atoms with Crippen LogP contribution in [0.5, 0.6) is 0 Å². The van der Waals surface area contributed by atoms with Gasteiger partial charge in [0.1, 0.15) is 24.9 Å². The van der Waals surface area contributed by atoms with E-state index >= 15 is 0 Å². The van der Waals surface area contributed by atoms with E-state index in [1.54, 1.807) is 35.5 Å². The summed E-state index contributed by atoms with van der Waals surface area (Å²) in [5, 5.41) is 15.3. The van der Waals surface area contributed by atoms with Gasteiger partial charge in [-0.05, 0) is 36.1 Å². The summed E-state index contributed by atoms with van der Waals surface area (Å²) >= 11 is 1.30. The Morgan fingerprint density at radius 2 is 1.91 bits per heavy atom. The number of carboxylic acid groups (broad SMARTS) is 1. The number of fused-ring (bicyclic) bond motifs is 1. The molecule has 0 radical (unpaired) electrons. The van der Waals surface area contributed by atoms with E-state index in [0.29, 0.717) is 5.56 Å². The van der Waals surface area contributed by atoms with Crippen molar-refractivity contribution in [3.8, 4) is 0 Å². The summed E-state index contributed by atoms with van der Waals surface area (Å²) in [5.74, 6) is -2.22. The summed E-state index contributed by atoms with van der Waals surface area (Å²) in [6, 6.07) is 14.7. The molecule has 1 unspecified atom stereocenters. The Morgan fingerprint density at radius 3 is 2.56 bits per heavy atom. The molecular formula is C22H26N4O5S. The van der Waals surface area contributed by atoms with Crippen molar-refractivity contribution in [1.82, 2.24) is 9.62 Å². The zero-order chi connectivity index (χ0) is 23.1. The number of rotatable bonds is 9. The molecule has 1 aliphatic rings. The maximum absolute atomic E-state index is 13.4. The number of nitrogens with zero attached hydrogens (tertiary/aromatic N) is 1. The van der Waals surface area contributed by atoms with E-state index in [1.165, 1.54) is 11.9 Å². The van der Waals surface area contributed by atoms with Crippen LogP contribution in [0.2, 0.25) is 0 Å². The van der Waals surface area contributed by atoms with Gasteiger partial charge in [-0.2, -0.15) is 0 Å². The summed E-state index contributed by atoms with van der Waals surface area (Å²) < 4.78 is 7.51. The van der Waals surface area contributed by atoms with Crippen LogP contribution in [-0.2, 0) is 19.1 Å². The molecule has 10 heteroatoms. The average Bonchev–Trinajstić information content (AvgIpc) is 2.96. The lowest BCUT2D eigenvalue weighted by Crippen LogP contribution is -2.49. The predicted molar refractivity (Wildman–Crippen MR) is 121 cm³/mol. The molecule has 2 aromatic rings. The Balaban J connectivity index is 2.02. The molecule has 0 aromatic heterocycles. The standard InChI is InChI=1S/C22H26N4O5S/c1-2-15(22(29)30)25-21(28)20(14-8-4-3-5-9-14)26-19(31-13-18(23)27)12-24-16-10-6-7-11-17(16)32-26/h3-11,15,19-20,24H,2,12-13H2,1H3,(H2,23,27)(H,25,28)(H,29,30)/t15-,19?,20+/m0/s1. The molecule has 2 aromatic carbocycles. The number of para-hydroxylation sites is 1. The largest absolute Gasteiger partial charge is 0.480 e. The van der Waals surface area contributed by atoms with Gasteiger partial charge in [0.15, 0.2) is 0 Å². The molecule has 2 amide bonds. The number of nitrogens with two attached hydrogens (primary N) is 1. The van der Waals surface area contributed by atoms with Crippen molar-refractivity contribution in [2.24, 2.45) is 5.73 Å². The first kappa shape index (κ1) is 23.6. The zero-order valence-corrected chi connectivity index (χ0v) is 18.4. The number of carbonyl (C=O) groups is 3. The number of primary amides is 1. The van der Waals surface area contributed by atoms with Gasteiger partial charge in [0, 0.05) is 10.6 Å². The van der Waals surface area contributed by atoms with Gasteiger partial charge in [-0.1, -0.05) is 49.4 Å². The van der Waals surface area contributed by atoms with Crippen LogP contribution in [0.3, 0.4) is 0 Å². The quantitative estimate of drug-likeness (QED) is 0.419. The Kier molecular flexibility index (Phi) is 8.09. The van der Waals surface area contributed by atoms with Crippen molar-refractivity contribution >= 4 is 35.4 Å². The summed E-state index contributed by atoms with van der Waals surface area (Å²) in [7, 11) is 0. The molecule has 170 valence electrons. The molecule has 0 bridgehead atoms. The minimum atomic E-state index is -1.11. The number of hydrogen-bond acceptors (Lipinski definition) is 7. The predicted octanol–water partition coefficient (Wildman–Crippen LogP) is 1.97. The van der Waals surface area contributed by atoms with E-state index in [-0.39, 0.29) is 19.6 Å². The van der Waals surface area contributed by atoms with Crippen LogP contribution in [0.15, 0.2) is 59.5 Å². The third kappa shape index (κ3) is 5.78. The van der Waals surface area contributed by atoms with Crippen LogP contribution in [0, 0.1) is 0 Å². The average molecular weight is 459 g/mol. The molecule has 3 rings (SSSR count). The second-order valence-corrected chi connectivity index (χ2v) is 8.23. The highest BCUT2D eigenvalue weighted by molar-refractivity contribution is 7.97. The number of benzene rings is 2. The number of anilines is 1. The summed E-state index contributed by atoms with van der Waals surface area (Å²) in [6.45, 7) is 1.65. The number of aliphatic carboxylic acids is 1. The number of nitrogens with one attached hydrogen (secondary N) is 2. The lowest BCUT2D eigenvalue weighted by atomic mass is 10.0. The highest BCUT2D eigenvalue weighted by atomic mass is 32.2. The fraction of sp³-hybridized carbons (Fsp3) is 0.318. The van der Waals surface area contributed by atoms with E-state index in [9.17, 15) is 19.5 Å². The molecule has 3 atom stereocenters. The fourth-order valence-electron chi connectivity index (χ4n) is 3.32. The van der Waals surface area contributed by atoms with Gasteiger partial charge in [0.05, 0.1) is 6.54 Å². The molecular weight excluding hydrogens is 432 g/mol. The SMILES string of the molecule is CC[C@H](NC(=O)[C@@H](c1ccccc1)N1Sc2ccccc2NCC1OCC(N)=O)C(=O)O. The zero-order valence-electron chi connectivity index (χ0n) is 17.6. The number of carbonyl (C=O) groups excluding carboxylic acids is 2. The minimum Gasteiger partial charge on any atom is -0.480 e. The summed E-state index contributed by atoms with van der Waals surface area (Å²) in [6.07, 6.45) is -0.470. The summed E-state index contributed by atoms with van der Waals surface area (Å²) in [5.41, 5.74) is 6.80. The monoisotopic (exact) mass is 458 g/mol. The smallest absolute Gasteiger partial charge is 0.326 e. The topological polar surface area (TPSA) is 134 Å². The third-order valence-corrected chi connectivity index (χ3v) is 6.11. The van der Waals surface area contributed by atoms with Crippen molar-refractivity contribution in [3.05, 3.63) is 60.2 Å². The molecule has 0 fully saturated rings. The highest BCUT2D eigenvalue weighted by Crippen LogP contribution is 2.40. The van der Waals surface area contributed by atoms with Crippen molar-refractivity contribution in [1.29, 1.82) is 0 Å². The first-order valence-corrected chi connectivity index (χ1v) is 10.9. The summed E-state index contributed by atoms with van der Waals surface area (Å²) in [4.78, 5) is 37.2. The van der Waals surface area contributed by atoms with E-state index in [0.717, 1.165) is 10.6 Å². The molecule has 0 saturated heterocycles. The van der Waals surface area contributed by atoms with Crippen LogP contribution in [-0.4, -0.2) is 52.6 Å². The highest BCUT2D eigenvalue weighted by Gasteiger charge is 2.38. The molecule has 0 spiro atoms. The van der Waals surface area contributed by atoms with E-state index in [2.05, 4.69) is 10.6 Å². The Labute approximate surface area is 190 Å². The Hall–Kier alpha value is -3.08. The first-order chi connectivity index (χ1) is 15.4. The van der Waals surface area contributed by atoms with E-state index < -0.39 is 36.1 Å². The lowest BCUT2D eigenvalue weighted by molar-refractivity contribution is -0.143. The van der Waals surface area contributed by atoms with Crippen LogP contribution >= 0.6 is 11.9 Å².